The summed E-state index contributed by atoms with van der Waals surface area (Å²) in [5.41, 5.74) is -2.30. The summed E-state index contributed by atoms with van der Waals surface area (Å²) in [4.78, 5) is 61.2. The number of likely N-dealkylation sites (tertiary alicyclic amines) is 1. The number of sulfonamides is 1. The van der Waals surface area contributed by atoms with Crippen LogP contribution in [0.5, 0.6) is 5.88 Å². The molecule has 2 saturated carbocycles. The quantitative estimate of drug-likeness (QED) is 0.311. The van der Waals surface area contributed by atoms with Crippen LogP contribution >= 0.6 is 0 Å². The molecule has 3 aliphatic rings. The molecular formula is C35H50N6O8S. The van der Waals surface area contributed by atoms with Gasteiger partial charge in [-0.25, -0.2) is 27.7 Å². The van der Waals surface area contributed by atoms with Crippen LogP contribution in [-0.2, 0) is 29.1 Å². The fourth-order valence-corrected chi connectivity index (χ4v) is 8.07. The normalized spacial score (nSPS) is 25.1. The lowest BCUT2D eigenvalue weighted by Gasteiger charge is -2.37. The number of amides is 4. The van der Waals surface area contributed by atoms with E-state index in [9.17, 15) is 27.6 Å². The molecule has 1 aromatic carbocycles. The zero-order valence-electron chi connectivity index (χ0n) is 30.1. The van der Waals surface area contributed by atoms with Crippen LogP contribution in [0.2, 0.25) is 0 Å². The van der Waals surface area contributed by atoms with E-state index in [1.54, 1.807) is 47.7 Å². The Kier molecular flexibility index (Phi) is 10.0. The number of alkyl carbamates (subject to hydrolysis) is 1. The van der Waals surface area contributed by atoms with Crippen LogP contribution in [0.1, 0.15) is 86.1 Å². The average Bonchev–Trinajstić information content (AvgIpc) is 3.94. The maximum atomic E-state index is 14.5. The molecule has 2 aromatic rings. The number of pyridine rings is 1. The minimum Gasteiger partial charge on any atom is -0.472 e. The molecule has 1 aromatic heterocycles. The largest absolute Gasteiger partial charge is 0.472 e. The van der Waals surface area contributed by atoms with E-state index >= 15 is 0 Å². The molecule has 14 nitrogen and oxygen atoms in total. The van der Waals surface area contributed by atoms with Crippen LogP contribution in [0.25, 0.3) is 16.6 Å². The maximum Gasteiger partial charge on any atom is 0.408 e. The first-order valence-corrected chi connectivity index (χ1v) is 18.7. The average molecular weight is 715 g/mol. The SMILES string of the molecule is CCC1C[C@@]1(C(=O)NS(=O)(=O)C1CC1)[NH+]([NH-])C(=O)[C@@H]1C[C@@H](Oc2nccc3ccc(C)cc23)CN1C(=O)C(NC(=O)OC(C)(C)C)C(C)(C)C. The Morgan fingerprint density at radius 2 is 1.80 bits per heavy atom. The van der Waals surface area contributed by atoms with E-state index in [1.807, 2.05) is 38.1 Å². The topological polar surface area (TPSA) is 189 Å². The summed E-state index contributed by atoms with van der Waals surface area (Å²) >= 11 is 0. The first-order valence-electron chi connectivity index (χ1n) is 17.2. The number of benzene rings is 1. The number of nitrogens with zero attached hydrogens (tertiary/aromatic N) is 2. The standard InChI is InChI=1S/C35H50N6O8S/c1-9-22-18-35(22,31(44)39-50(46,47)24-12-13-24)41(36)29(42)26-17-23(48-28-25-16-20(2)10-11-21(25)14-15-37-28)19-40(26)30(43)27(33(3,4)5)38-32(45)49-34(6,7)8/h10-11,14-16,22-24,26-27,36,41H,9,12-13,17-19H2,1-8H3,(H,38,45)(H,39,44)/t22?,23-,26+,27?,35-/m1/s1. The summed E-state index contributed by atoms with van der Waals surface area (Å²) in [5, 5.41) is 3.14. The van der Waals surface area contributed by atoms with Crippen molar-refractivity contribution in [2.45, 2.75) is 122 Å². The molecule has 0 radical (unpaired) electrons. The molecule has 1 saturated heterocycles. The molecule has 0 spiro atoms. The molecule has 0 bridgehead atoms. The van der Waals surface area contributed by atoms with E-state index in [0.717, 1.165) is 16.3 Å². The molecule has 1 aliphatic heterocycles. The Hall–Kier alpha value is -3.82. The van der Waals surface area contributed by atoms with Crippen LogP contribution in [-0.4, -0.2) is 83.2 Å². The van der Waals surface area contributed by atoms with E-state index in [0.29, 0.717) is 25.1 Å². The number of carbonyl (C=O) groups is 4. The molecule has 2 heterocycles. The lowest BCUT2D eigenvalue weighted by Crippen LogP contribution is -3.17. The molecule has 2 aliphatic carbocycles. The van der Waals surface area contributed by atoms with E-state index in [1.165, 1.54) is 4.90 Å². The second kappa shape index (κ2) is 13.4. The van der Waals surface area contributed by atoms with Crippen molar-refractivity contribution in [3.8, 4) is 5.88 Å². The zero-order valence-corrected chi connectivity index (χ0v) is 30.9. The van der Waals surface area contributed by atoms with Crippen molar-refractivity contribution in [2.24, 2.45) is 11.3 Å². The number of hydrogen-bond donors (Lipinski definition) is 3. The van der Waals surface area contributed by atoms with Crippen molar-refractivity contribution in [3.63, 3.8) is 0 Å². The zero-order chi connectivity index (χ0) is 37.0. The Labute approximate surface area is 293 Å². The maximum absolute atomic E-state index is 14.5. The fourth-order valence-electron chi connectivity index (χ4n) is 6.71. The summed E-state index contributed by atoms with van der Waals surface area (Å²) in [6.45, 7) is 14.1. The lowest BCUT2D eigenvalue weighted by atomic mass is 9.85. The van der Waals surface area contributed by atoms with Gasteiger partial charge in [0.2, 0.25) is 21.8 Å². The summed E-state index contributed by atoms with van der Waals surface area (Å²) in [5.74, 6) is 6.80. The minimum atomic E-state index is -3.93. The number of aromatic nitrogens is 1. The van der Waals surface area contributed by atoms with Crippen molar-refractivity contribution in [1.29, 1.82) is 0 Å². The molecule has 15 heteroatoms. The number of fused-ring (bicyclic) bond motifs is 1. The number of quaternary nitrogens is 1. The van der Waals surface area contributed by atoms with Crippen molar-refractivity contribution < 1.29 is 42.1 Å². The van der Waals surface area contributed by atoms with E-state index in [2.05, 4.69) is 15.0 Å². The van der Waals surface area contributed by atoms with Gasteiger partial charge in [-0.2, -0.15) is 0 Å². The third kappa shape index (κ3) is 7.74. The van der Waals surface area contributed by atoms with Gasteiger partial charge < -0.3 is 30.5 Å². The van der Waals surface area contributed by atoms with Gasteiger partial charge in [-0.3, -0.25) is 9.59 Å². The van der Waals surface area contributed by atoms with Crippen LogP contribution in [0.3, 0.4) is 0 Å². The van der Waals surface area contributed by atoms with Crippen molar-refractivity contribution in [1.82, 2.24) is 19.9 Å². The number of nitrogens with one attached hydrogen (secondary N) is 4. The van der Waals surface area contributed by atoms with E-state index in [-0.39, 0.29) is 19.4 Å². The van der Waals surface area contributed by atoms with Crippen molar-refractivity contribution >= 4 is 44.6 Å². The molecule has 5 rings (SSSR count). The van der Waals surface area contributed by atoms with Gasteiger partial charge in [-0.05, 0) is 69.9 Å². The number of rotatable bonds is 10. The van der Waals surface area contributed by atoms with E-state index < -0.39 is 84.8 Å². The predicted octanol–water partition coefficient (Wildman–Crippen LogP) is 2.99. The van der Waals surface area contributed by atoms with Gasteiger partial charge in [0.05, 0.1) is 11.8 Å². The van der Waals surface area contributed by atoms with E-state index in [4.69, 9.17) is 15.3 Å². The highest BCUT2D eigenvalue weighted by molar-refractivity contribution is 7.91. The van der Waals surface area contributed by atoms with Crippen LogP contribution < -0.4 is 19.8 Å². The Morgan fingerprint density at radius 3 is 2.38 bits per heavy atom. The molecule has 3 fully saturated rings. The van der Waals surface area contributed by atoms with Gasteiger partial charge in [-0.15, -0.1) is 0 Å². The Balaban J connectivity index is 1.47. The summed E-state index contributed by atoms with van der Waals surface area (Å²) < 4.78 is 39.5. The summed E-state index contributed by atoms with van der Waals surface area (Å²) in [6, 6.07) is 5.33. The van der Waals surface area contributed by atoms with Gasteiger partial charge in [0.15, 0.2) is 5.54 Å². The molecular weight excluding hydrogens is 664 g/mol. The molecule has 50 heavy (non-hydrogen) atoms. The van der Waals surface area contributed by atoms with Gasteiger partial charge in [0.1, 0.15) is 23.8 Å². The minimum absolute atomic E-state index is 0.0188. The number of aryl methyl sites for hydroxylation is 1. The third-order valence-electron chi connectivity index (χ3n) is 9.68. The first kappa shape index (κ1) is 37.4. The summed E-state index contributed by atoms with van der Waals surface area (Å²) in [7, 11) is -3.93. The highest BCUT2D eigenvalue weighted by atomic mass is 32.2. The van der Waals surface area contributed by atoms with Crippen LogP contribution in [0.15, 0.2) is 30.5 Å². The molecule has 4 N–H and O–H groups in total. The van der Waals surface area contributed by atoms with Crippen molar-refractivity contribution in [3.05, 3.63) is 41.9 Å². The molecule has 4 amide bonds. The predicted molar refractivity (Wildman–Crippen MR) is 185 cm³/mol. The monoisotopic (exact) mass is 714 g/mol. The Bertz CT molecular complexity index is 1780. The second-order valence-corrected chi connectivity index (χ2v) is 17.9. The highest BCUT2D eigenvalue weighted by Gasteiger charge is 2.68. The highest BCUT2D eigenvalue weighted by Crippen LogP contribution is 2.44. The number of carbonyl (C=O) groups excluding carboxylic acids is 4. The molecule has 274 valence electrons. The smallest absolute Gasteiger partial charge is 0.408 e. The number of ether oxygens (including phenoxy) is 2. The second-order valence-electron chi connectivity index (χ2n) is 16.0. The first-order chi connectivity index (χ1) is 23.2. The van der Waals surface area contributed by atoms with Gasteiger partial charge in [-0.1, -0.05) is 45.4 Å². The molecule has 6 atom stereocenters. The van der Waals surface area contributed by atoms with Crippen LogP contribution in [0.4, 0.5) is 4.79 Å². The third-order valence-corrected chi connectivity index (χ3v) is 11.5. The van der Waals surface area contributed by atoms with Crippen molar-refractivity contribution in [2.75, 3.05) is 6.54 Å². The summed E-state index contributed by atoms with van der Waals surface area (Å²) in [6.07, 6.45) is 1.54. The van der Waals surface area contributed by atoms with Gasteiger partial charge in [0.25, 0.3) is 5.91 Å². The fraction of sp³-hybridized carbons (Fsp3) is 0.629. The number of hydrogen-bond acceptors (Lipinski definition) is 9. The molecule has 3 unspecified atom stereocenters. The Morgan fingerprint density at radius 1 is 1.12 bits per heavy atom. The lowest BCUT2D eigenvalue weighted by molar-refractivity contribution is -0.800. The van der Waals surface area contributed by atoms with Gasteiger partial charge >= 0.3 is 12.0 Å². The van der Waals surface area contributed by atoms with Gasteiger partial charge in [0, 0.05) is 30.3 Å². The van der Waals surface area contributed by atoms with Crippen LogP contribution in [0, 0.1) is 18.3 Å².